The lowest BCUT2D eigenvalue weighted by atomic mass is 9.94. The van der Waals surface area contributed by atoms with Gasteiger partial charge in [0.1, 0.15) is 5.75 Å². The summed E-state index contributed by atoms with van der Waals surface area (Å²) in [5.41, 5.74) is 2.12. The predicted molar refractivity (Wildman–Crippen MR) is 97.2 cm³/mol. The van der Waals surface area contributed by atoms with Gasteiger partial charge in [0.25, 0.3) is 0 Å². The zero-order valence-corrected chi connectivity index (χ0v) is 14.4. The molecule has 1 fully saturated rings. The standard InChI is InChI=1S/C21H27NO2/c1-2-16-24-19-12-10-18(11-13-19)21(23)20(22-14-6-7-15-22)17-8-4-3-5-9-17/h3-5,8-13,20-21,23H,2,6-7,14-16H2,1H3/t20-,21+/m0/s1. The lowest BCUT2D eigenvalue weighted by Crippen LogP contribution is -2.30. The molecule has 0 unspecified atom stereocenters. The zero-order valence-electron chi connectivity index (χ0n) is 14.4. The number of aliphatic hydroxyl groups excluding tert-OH is 1. The van der Waals surface area contributed by atoms with Gasteiger partial charge in [0.05, 0.1) is 18.8 Å². The van der Waals surface area contributed by atoms with E-state index in [0.29, 0.717) is 0 Å². The molecule has 2 aromatic rings. The Morgan fingerprint density at radius 1 is 0.958 bits per heavy atom. The Kier molecular flexibility index (Phi) is 5.89. The van der Waals surface area contributed by atoms with Crippen molar-refractivity contribution in [2.45, 2.75) is 38.3 Å². The number of rotatable bonds is 7. The highest BCUT2D eigenvalue weighted by molar-refractivity contribution is 5.31. The van der Waals surface area contributed by atoms with E-state index in [-0.39, 0.29) is 6.04 Å². The van der Waals surface area contributed by atoms with Gasteiger partial charge in [-0.3, -0.25) is 4.90 Å². The fourth-order valence-electron chi connectivity index (χ4n) is 3.43. The maximum absolute atomic E-state index is 11.1. The van der Waals surface area contributed by atoms with Crippen LogP contribution in [0.25, 0.3) is 0 Å². The van der Waals surface area contributed by atoms with E-state index in [2.05, 4.69) is 24.0 Å². The number of benzene rings is 2. The van der Waals surface area contributed by atoms with Crippen LogP contribution in [0, 0.1) is 0 Å². The fraction of sp³-hybridized carbons (Fsp3) is 0.429. The normalized spacial score (nSPS) is 17.6. The van der Waals surface area contributed by atoms with Crippen molar-refractivity contribution < 1.29 is 9.84 Å². The topological polar surface area (TPSA) is 32.7 Å². The van der Waals surface area contributed by atoms with E-state index >= 15 is 0 Å². The van der Waals surface area contributed by atoms with Crippen LogP contribution in [-0.2, 0) is 0 Å². The van der Waals surface area contributed by atoms with Crippen molar-refractivity contribution in [1.82, 2.24) is 4.90 Å². The average Bonchev–Trinajstić information content (AvgIpc) is 3.15. The van der Waals surface area contributed by atoms with Gasteiger partial charge in [-0.25, -0.2) is 0 Å². The summed E-state index contributed by atoms with van der Waals surface area (Å²) in [6.07, 6.45) is 2.88. The third kappa shape index (κ3) is 3.97. The highest BCUT2D eigenvalue weighted by Crippen LogP contribution is 2.36. The minimum Gasteiger partial charge on any atom is -0.494 e. The van der Waals surface area contributed by atoms with Gasteiger partial charge in [-0.15, -0.1) is 0 Å². The maximum Gasteiger partial charge on any atom is 0.119 e. The average molecular weight is 325 g/mol. The number of nitrogens with zero attached hydrogens (tertiary/aromatic N) is 1. The van der Waals surface area contributed by atoms with E-state index < -0.39 is 6.10 Å². The van der Waals surface area contributed by atoms with Crippen LogP contribution >= 0.6 is 0 Å². The van der Waals surface area contributed by atoms with Crippen molar-refractivity contribution >= 4 is 0 Å². The van der Waals surface area contributed by atoms with Gasteiger partial charge >= 0.3 is 0 Å². The SMILES string of the molecule is CCCOc1ccc([C@@H](O)[C@H](c2ccccc2)N2CCCC2)cc1. The van der Waals surface area contributed by atoms with E-state index in [9.17, 15) is 5.11 Å². The molecule has 0 bridgehead atoms. The largest absolute Gasteiger partial charge is 0.494 e. The van der Waals surface area contributed by atoms with Gasteiger partial charge < -0.3 is 9.84 Å². The molecule has 0 amide bonds. The molecule has 24 heavy (non-hydrogen) atoms. The second kappa shape index (κ2) is 8.32. The zero-order chi connectivity index (χ0) is 16.8. The Balaban J connectivity index is 1.81. The van der Waals surface area contributed by atoms with Crippen LogP contribution in [0.1, 0.15) is 49.5 Å². The Labute approximate surface area is 144 Å². The summed E-state index contributed by atoms with van der Waals surface area (Å²) in [5, 5.41) is 11.1. The van der Waals surface area contributed by atoms with Gasteiger partial charge in [0.15, 0.2) is 0 Å². The second-order valence-electron chi connectivity index (χ2n) is 6.46. The number of hydrogen-bond donors (Lipinski definition) is 1. The highest BCUT2D eigenvalue weighted by Gasteiger charge is 2.30. The van der Waals surface area contributed by atoms with Crippen LogP contribution in [-0.4, -0.2) is 29.7 Å². The highest BCUT2D eigenvalue weighted by atomic mass is 16.5. The summed E-state index contributed by atoms with van der Waals surface area (Å²) in [6.45, 7) is 4.92. The first-order valence-electron chi connectivity index (χ1n) is 8.99. The van der Waals surface area contributed by atoms with E-state index in [0.717, 1.165) is 37.4 Å². The minimum atomic E-state index is -0.536. The summed E-state index contributed by atoms with van der Waals surface area (Å²) in [5.74, 6) is 0.866. The first kappa shape index (κ1) is 17.0. The molecule has 3 heteroatoms. The Bertz CT molecular complexity index is 605. The van der Waals surface area contributed by atoms with E-state index in [1.165, 1.54) is 18.4 Å². The molecule has 1 heterocycles. The Morgan fingerprint density at radius 2 is 1.62 bits per heavy atom. The number of aliphatic hydroxyl groups is 1. The number of hydrogen-bond acceptors (Lipinski definition) is 3. The van der Waals surface area contributed by atoms with Crippen molar-refractivity contribution in [1.29, 1.82) is 0 Å². The molecule has 0 spiro atoms. The molecule has 0 aromatic heterocycles. The summed E-state index contributed by atoms with van der Waals surface area (Å²) in [6, 6.07) is 18.3. The summed E-state index contributed by atoms with van der Waals surface area (Å²) < 4.78 is 5.64. The smallest absolute Gasteiger partial charge is 0.119 e. The molecular weight excluding hydrogens is 298 g/mol. The molecule has 1 saturated heterocycles. The van der Waals surface area contributed by atoms with Crippen molar-refractivity contribution in [2.24, 2.45) is 0 Å². The second-order valence-corrected chi connectivity index (χ2v) is 6.46. The van der Waals surface area contributed by atoms with Gasteiger partial charge in [-0.2, -0.15) is 0 Å². The van der Waals surface area contributed by atoms with Gasteiger partial charge in [-0.05, 0) is 55.6 Å². The summed E-state index contributed by atoms with van der Waals surface area (Å²) >= 11 is 0. The van der Waals surface area contributed by atoms with Crippen LogP contribution in [0.15, 0.2) is 54.6 Å². The van der Waals surface area contributed by atoms with Crippen LogP contribution in [0.3, 0.4) is 0 Å². The maximum atomic E-state index is 11.1. The van der Waals surface area contributed by atoms with E-state index in [4.69, 9.17) is 4.74 Å². The molecular formula is C21H27NO2. The van der Waals surface area contributed by atoms with Crippen molar-refractivity contribution in [3.05, 3.63) is 65.7 Å². The molecule has 2 aromatic carbocycles. The fourth-order valence-corrected chi connectivity index (χ4v) is 3.43. The predicted octanol–water partition coefficient (Wildman–Crippen LogP) is 4.35. The lowest BCUT2D eigenvalue weighted by Gasteiger charge is -2.32. The molecule has 1 N–H and O–H groups in total. The van der Waals surface area contributed by atoms with E-state index in [1.54, 1.807) is 0 Å². The third-order valence-corrected chi connectivity index (χ3v) is 4.67. The lowest BCUT2D eigenvalue weighted by molar-refractivity contribution is 0.0607. The van der Waals surface area contributed by atoms with Crippen molar-refractivity contribution in [3.63, 3.8) is 0 Å². The molecule has 128 valence electrons. The van der Waals surface area contributed by atoms with Crippen LogP contribution in [0.4, 0.5) is 0 Å². The van der Waals surface area contributed by atoms with Gasteiger partial charge in [0, 0.05) is 0 Å². The first-order valence-corrected chi connectivity index (χ1v) is 8.99. The number of likely N-dealkylation sites (tertiary alicyclic amines) is 1. The summed E-state index contributed by atoms with van der Waals surface area (Å²) in [7, 11) is 0. The molecule has 1 aliphatic rings. The quantitative estimate of drug-likeness (QED) is 0.821. The van der Waals surface area contributed by atoms with E-state index in [1.807, 2.05) is 42.5 Å². The molecule has 1 aliphatic heterocycles. The monoisotopic (exact) mass is 325 g/mol. The van der Waals surface area contributed by atoms with Gasteiger partial charge in [0.2, 0.25) is 0 Å². The van der Waals surface area contributed by atoms with Gasteiger partial charge in [-0.1, -0.05) is 49.4 Å². The molecule has 0 saturated carbocycles. The third-order valence-electron chi connectivity index (χ3n) is 4.67. The molecule has 3 nitrogen and oxygen atoms in total. The Morgan fingerprint density at radius 3 is 2.25 bits per heavy atom. The molecule has 3 rings (SSSR count). The molecule has 2 atom stereocenters. The van der Waals surface area contributed by atoms with Crippen LogP contribution < -0.4 is 4.74 Å². The number of ether oxygens (including phenoxy) is 1. The molecule has 0 radical (unpaired) electrons. The van der Waals surface area contributed by atoms with Crippen LogP contribution in [0.5, 0.6) is 5.75 Å². The van der Waals surface area contributed by atoms with Crippen molar-refractivity contribution in [3.8, 4) is 5.75 Å². The van der Waals surface area contributed by atoms with Crippen LogP contribution in [0.2, 0.25) is 0 Å². The minimum absolute atomic E-state index is 0.0103. The first-order chi connectivity index (χ1) is 11.8. The molecule has 0 aliphatic carbocycles. The van der Waals surface area contributed by atoms with Crippen molar-refractivity contribution in [2.75, 3.05) is 19.7 Å². The summed E-state index contributed by atoms with van der Waals surface area (Å²) in [4.78, 5) is 2.40. The Hall–Kier alpha value is -1.84.